The van der Waals surface area contributed by atoms with Crippen molar-refractivity contribution in [3.63, 3.8) is 0 Å². The third-order valence-electron chi connectivity index (χ3n) is 3.18. The number of aryl methyl sites for hydroxylation is 1. The molecule has 4 aromatic rings. The van der Waals surface area contributed by atoms with Crippen molar-refractivity contribution in [2.75, 3.05) is 0 Å². The summed E-state index contributed by atoms with van der Waals surface area (Å²) in [7, 11) is 0. The van der Waals surface area contributed by atoms with E-state index >= 15 is 0 Å². The highest BCUT2D eigenvalue weighted by atomic mass is 16.5. The molecule has 102 valence electrons. The predicted molar refractivity (Wildman–Crippen MR) is 76.5 cm³/mol. The number of fused-ring (bicyclic) bond motifs is 1. The molecule has 0 unspecified atom stereocenters. The van der Waals surface area contributed by atoms with E-state index in [-0.39, 0.29) is 0 Å². The number of aromatic nitrogens is 5. The Morgan fingerprint density at radius 3 is 2.86 bits per heavy atom. The van der Waals surface area contributed by atoms with Crippen LogP contribution in [0.1, 0.15) is 5.89 Å². The average molecular weight is 277 g/mol. The van der Waals surface area contributed by atoms with E-state index in [0.717, 1.165) is 22.5 Å². The molecule has 0 radical (unpaired) electrons. The first kappa shape index (κ1) is 11.8. The first-order valence-electron chi connectivity index (χ1n) is 6.51. The van der Waals surface area contributed by atoms with Gasteiger partial charge in [0.15, 0.2) is 0 Å². The van der Waals surface area contributed by atoms with Crippen LogP contribution in [0.5, 0.6) is 0 Å². The summed E-state index contributed by atoms with van der Waals surface area (Å²) < 4.78 is 6.83. The van der Waals surface area contributed by atoms with Gasteiger partial charge in [0.1, 0.15) is 5.69 Å². The highest BCUT2D eigenvalue weighted by Crippen LogP contribution is 2.22. The van der Waals surface area contributed by atoms with Gasteiger partial charge in [-0.15, -0.1) is 0 Å². The van der Waals surface area contributed by atoms with E-state index in [9.17, 15) is 0 Å². The number of hydrogen-bond donors (Lipinski definition) is 0. The van der Waals surface area contributed by atoms with E-state index in [1.165, 1.54) is 0 Å². The molecule has 0 fully saturated rings. The van der Waals surface area contributed by atoms with Crippen LogP contribution >= 0.6 is 0 Å². The van der Waals surface area contributed by atoms with E-state index < -0.39 is 0 Å². The molecule has 0 amide bonds. The molecule has 4 rings (SSSR count). The van der Waals surface area contributed by atoms with Crippen LogP contribution in [0.2, 0.25) is 0 Å². The predicted octanol–water partition coefficient (Wildman–Crippen LogP) is 2.75. The number of hydrogen-bond acceptors (Lipinski definition) is 5. The molecule has 0 aliphatic carbocycles. The molecule has 0 spiro atoms. The van der Waals surface area contributed by atoms with E-state index in [1.807, 2.05) is 47.1 Å². The smallest absolute Gasteiger partial charge is 0.223 e. The summed E-state index contributed by atoms with van der Waals surface area (Å²) in [4.78, 5) is 8.60. The quantitative estimate of drug-likeness (QED) is 0.563. The second kappa shape index (κ2) is 4.52. The van der Waals surface area contributed by atoms with E-state index in [1.54, 1.807) is 13.1 Å². The van der Waals surface area contributed by atoms with Gasteiger partial charge in [-0.3, -0.25) is 4.98 Å². The topological polar surface area (TPSA) is 69.1 Å². The Morgan fingerprint density at radius 1 is 1.10 bits per heavy atom. The fourth-order valence-corrected chi connectivity index (χ4v) is 2.19. The van der Waals surface area contributed by atoms with Crippen molar-refractivity contribution >= 4 is 5.52 Å². The lowest BCUT2D eigenvalue weighted by atomic mass is 10.2. The third kappa shape index (κ3) is 2.06. The van der Waals surface area contributed by atoms with Gasteiger partial charge in [-0.25, -0.2) is 4.52 Å². The van der Waals surface area contributed by atoms with Crippen LogP contribution in [0.3, 0.4) is 0 Å². The van der Waals surface area contributed by atoms with E-state index in [2.05, 4.69) is 20.2 Å². The maximum absolute atomic E-state index is 5.01. The minimum atomic E-state index is 0.538. The Morgan fingerprint density at radius 2 is 2.05 bits per heavy atom. The summed E-state index contributed by atoms with van der Waals surface area (Å²) >= 11 is 0. The molecule has 0 bridgehead atoms. The lowest BCUT2D eigenvalue weighted by molar-refractivity contribution is 0.394. The van der Waals surface area contributed by atoms with Gasteiger partial charge in [-0.05, 0) is 30.3 Å². The molecule has 0 atom stereocenters. The fraction of sp³-hybridized carbons (Fsp3) is 0.0667. The molecule has 0 N–H and O–H groups in total. The van der Waals surface area contributed by atoms with Gasteiger partial charge in [-0.1, -0.05) is 11.2 Å². The minimum absolute atomic E-state index is 0.538. The van der Waals surface area contributed by atoms with Gasteiger partial charge in [0.25, 0.3) is 0 Å². The van der Waals surface area contributed by atoms with Crippen LogP contribution < -0.4 is 0 Å². The van der Waals surface area contributed by atoms with Gasteiger partial charge >= 0.3 is 0 Å². The fourth-order valence-electron chi connectivity index (χ4n) is 2.19. The molecular weight excluding hydrogens is 266 g/mol. The first-order valence-corrected chi connectivity index (χ1v) is 6.51. The Bertz CT molecular complexity index is 891. The zero-order valence-electron chi connectivity index (χ0n) is 11.3. The monoisotopic (exact) mass is 277 g/mol. The summed E-state index contributed by atoms with van der Waals surface area (Å²) in [6, 6.07) is 11.7. The molecule has 6 nitrogen and oxygen atoms in total. The zero-order chi connectivity index (χ0) is 14.2. The molecule has 0 aromatic carbocycles. The summed E-state index contributed by atoms with van der Waals surface area (Å²) in [5.41, 5.74) is 3.46. The molecule has 6 heteroatoms. The van der Waals surface area contributed by atoms with Crippen LogP contribution in [0, 0.1) is 6.92 Å². The first-order chi connectivity index (χ1) is 10.3. The van der Waals surface area contributed by atoms with Crippen molar-refractivity contribution in [3.8, 4) is 22.8 Å². The van der Waals surface area contributed by atoms with Gasteiger partial charge in [-0.2, -0.15) is 10.1 Å². The van der Waals surface area contributed by atoms with Gasteiger partial charge in [0.05, 0.1) is 11.2 Å². The highest BCUT2D eigenvalue weighted by molar-refractivity contribution is 5.67. The normalized spacial score (nSPS) is 11.1. The summed E-state index contributed by atoms with van der Waals surface area (Å²) in [5.74, 6) is 1.09. The van der Waals surface area contributed by atoms with Crippen molar-refractivity contribution in [1.82, 2.24) is 24.7 Å². The zero-order valence-corrected chi connectivity index (χ0v) is 11.3. The Balaban J connectivity index is 1.81. The van der Waals surface area contributed by atoms with Crippen molar-refractivity contribution < 1.29 is 4.52 Å². The second-order valence-electron chi connectivity index (χ2n) is 4.67. The van der Waals surface area contributed by atoms with Crippen molar-refractivity contribution in [2.24, 2.45) is 0 Å². The molecule has 0 aliphatic heterocycles. The Hall–Kier alpha value is -3.02. The van der Waals surface area contributed by atoms with Crippen LogP contribution in [0.4, 0.5) is 0 Å². The molecule has 0 saturated heterocycles. The lowest BCUT2D eigenvalue weighted by Gasteiger charge is -1.98. The van der Waals surface area contributed by atoms with Crippen LogP contribution in [0.15, 0.2) is 53.3 Å². The number of nitrogens with zero attached hydrogens (tertiary/aromatic N) is 5. The Labute approximate surface area is 120 Å². The summed E-state index contributed by atoms with van der Waals surface area (Å²) in [5, 5.41) is 8.44. The standard InChI is InChI=1S/C15H11N5O/c1-10-17-15(19-21-10)11-5-6-16-13(8-11)14-9-12-4-2-3-7-20(12)18-14/h2-9H,1H3. The molecule has 0 saturated carbocycles. The highest BCUT2D eigenvalue weighted by Gasteiger charge is 2.10. The maximum Gasteiger partial charge on any atom is 0.223 e. The SMILES string of the molecule is Cc1nc(-c2ccnc(-c3cc4ccccn4n3)c2)no1. The van der Waals surface area contributed by atoms with E-state index in [4.69, 9.17) is 4.52 Å². The van der Waals surface area contributed by atoms with Gasteiger partial charge < -0.3 is 4.52 Å². The van der Waals surface area contributed by atoms with Crippen molar-refractivity contribution in [3.05, 3.63) is 54.7 Å². The number of pyridine rings is 2. The van der Waals surface area contributed by atoms with Crippen molar-refractivity contribution in [1.29, 1.82) is 0 Å². The molecule has 4 heterocycles. The van der Waals surface area contributed by atoms with Crippen LogP contribution in [-0.2, 0) is 0 Å². The summed E-state index contributed by atoms with van der Waals surface area (Å²) in [6.07, 6.45) is 3.63. The molecule has 21 heavy (non-hydrogen) atoms. The van der Waals surface area contributed by atoms with Gasteiger partial charge in [0.2, 0.25) is 11.7 Å². The van der Waals surface area contributed by atoms with Gasteiger partial charge in [0, 0.05) is 24.9 Å². The van der Waals surface area contributed by atoms with E-state index in [0.29, 0.717) is 11.7 Å². The largest absolute Gasteiger partial charge is 0.339 e. The Kier molecular flexibility index (Phi) is 2.53. The molecule has 0 aliphatic rings. The maximum atomic E-state index is 5.01. The number of rotatable bonds is 2. The third-order valence-corrected chi connectivity index (χ3v) is 3.18. The lowest BCUT2D eigenvalue weighted by Crippen LogP contribution is -1.89. The summed E-state index contributed by atoms with van der Waals surface area (Å²) in [6.45, 7) is 1.76. The van der Waals surface area contributed by atoms with Crippen molar-refractivity contribution in [2.45, 2.75) is 6.92 Å². The molecular formula is C15H11N5O. The minimum Gasteiger partial charge on any atom is -0.339 e. The van der Waals surface area contributed by atoms with Crippen LogP contribution in [-0.4, -0.2) is 24.7 Å². The van der Waals surface area contributed by atoms with Crippen LogP contribution in [0.25, 0.3) is 28.3 Å². The molecule has 4 aromatic heterocycles. The average Bonchev–Trinajstić information content (AvgIpc) is 3.13. The second-order valence-corrected chi connectivity index (χ2v) is 4.67.